The van der Waals surface area contributed by atoms with E-state index in [1.165, 1.54) is 12.1 Å². The summed E-state index contributed by atoms with van der Waals surface area (Å²) in [5.41, 5.74) is -0.0500. The molecule has 2 nitrogen and oxygen atoms in total. The maximum Gasteiger partial charge on any atom is 0.509 e. The van der Waals surface area contributed by atoms with Gasteiger partial charge in [-0.05, 0) is 7.05 Å². The predicted octanol–water partition coefficient (Wildman–Crippen LogP) is 1.49. The van der Waals surface area contributed by atoms with Gasteiger partial charge in [-0.2, -0.15) is 0 Å². The highest BCUT2D eigenvalue weighted by Crippen LogP contribution is 2.14. The van der Waals surface area contributed by atoms with Gasteiger partial charge in [-0.25, -0.2) is 0 Å². The fourth-order valence-corrected chi connectivity index (χ4v) is 2.24. The van der Waals surface area contributed by atoms with Crippen molar-refractivity contribution in [3.63, 3.8) is 0 Å². The van der Waals surface area contributed by atoms with Gasteiger partial charge in [0.15, 0.2) is 0 Å². The number of benzene rings is 1. The molecule has 1 aliphatic rings. The van der Waals surface area contributed by atoms with E-state index in [2.05, 4.69) is 9.80 Å². The molecule has 0 aromatic heterocycles. The van der Waals surface area contributed by atoms with Crippen LogP contribution >= 0.6 is 0 Å². The Morgan fingerprint density at radius 3 is 2.28 bits per heavy atom. The standard InChI is InChI=1S/C12H17BF3N2/c1-17-6-8-18(9-7-17)10-11-4-2-3-5-12(11)13(14,15)16/h2-5H,6-10H2,1H3/q-1. The zero-order valence-corrected chi connectivity index (χ0v) is 10.5. The molecule has 0 bridgehead atoms. The van der Waals surface area contributed by atoms with Crippen molar-refractivity contribution in [1.29, 1.82) is 0 Å². The van der Waals surface area contributed by atoms with Crippen molar-refractivity contribution in [3.05, 3.63) is 29.8 Å². The number of likely N-dealkylation sites (N-methyl/N-ethyl adjacent to an activating group) is 1. The van der Waals surface area contributed by atoms with Crippen molar-refractivity contribution >= 4 is 12.4 Å². The molecule has 1 fully saturated rings. The monoisotopic (exact) mass is 257 g/mol. The summed E-state index contributed by atoms with van der Waals surface area (Å²) < 4.78 is 38.7. The lowest BCUT2D eigenvalue weighted by Crippen LogP contribution is -2.45. The lowest BCUT2D eigenvalue weighted by molar-refractivity contribution is 0.148. The zero-order chi connectivity index (χ0) is 13.2. The van der Waals surface area contributed by atoms with Gasteiger partial charge in [0.2, 0.25) is 0 Å². The van der Waals surface area contributed by atoms with Gasteiger partial charge < -0.3 is 17.8 Å². The Balaban J connectivity index is 2.10. The van der Waals surface area contributed by atoms with Gasteiger partial charge in [-0.1, -0.05) is 29.8 Å². The maximum atomic E-state index is 12.9. The molecule has 1 aliphatic heterocycles. The molecule has 100 valence electrons. The van der Waals surface area contributed by atoms with E-state index < -0.39 is 12.4 Å². The molecule has 0 amide bonds. The summed E-state index contributed by atoms with van der Waals surface area (Å²) in [6.07, 6.45) is 0. The third-order valence-electron chi connectivity index (χ3n) is 3.40. The van der Waals surface area contributed by atoms with E-state index in [-0.39, 0.29) is 0 Å². The number of hydrogen-bond donors (Lipinski definition) is 0. The first-order valence-corrected chi connectivity index (χ1v) is 6.15. The highest BCUT2D eigenvalue weighted by Gasteiger charge is 2.28. The minimum atomic E-state index is -4.91. The molecule has 0 saturated carbocycles. The number of rotatable bonds is 3. The van der Waals surface area contributed by atoms with Crippen LogP contribution < -0.4 is 5.46 Å². The second kappa shape index (κ2) is 5.32. The minimum absolute atomic E-state index is 0.394. The lowest BCUT2D eigenvalue weighted by Gasteiger charge is -2.33. The van der Waals surface area contributed by atoms with Crippen LogP contribution in [0, 0.1) is 0 Å². The van der Waals surface area contributed by atoms with Crippen LogP contribution in [0.1, 0.15) is 5.56 Å². The number of hydrogen-bond acceptors (Lipinski definition) is 2. The third kappa shape index (κ3) is 3.26. The van der Waals surface area contributed by atoms with Crippen molar-refractivity contribution in [2.45, 2.75) is 6.54 Å². The molecule has 1 saturated heterocycles. The molecular formula is C12H17BF3N2-. The van der Waals surface area contributed by atoms with E-state index in [9.17, 15) is 12.9 Å². The molecule has 0 unspecified atom stereocenters. The first-order chi connectivity index (χ1) is 8.47. The molecule has 1 aromatic rings. The van der Waals surface area contributed by atoms with Crippen LogP contribution in [0.3, 0.4) is 0 Å². The van der Waals surface area contributed by atoms with Gasteiger partial charge in [0.25, 0.3) is 0 Å². The molecule has 18 heavy (non-hydrogen) atoms. The number of halogens is 3. The Morgan fingerprint density at radius 2 is 1.67 bits per heavy atom. The predicted molar refractivity (Wildman–Crippen MR) is 67.9 cm³/mol. The highest BCUT2D eigenvalue weighted by molar-refractivity contribution is 6.74. The van der Waals surface area contributed by atoms with Gasteiger partial charge in [-0.15, -0.1) is 5.46 Å². The van der Waals surface area contributed by atoms with Crippen LogP contribution in [0.4, 0.5) is 12.9 Å². The summed E-state index contributed by atoms with van der Waals surface area (Å²) in [4.78, 5) is 4.27. The van der Waals surface area contributed by atoms with Crippen LogP contribution in [0.25, 0.3) is 0 Å². The van der Waals surface area contributed by atoms with Crippen molar-refractivity contribution in [2.24, 2.45) is 0 Å². The minimum Gasteiger partial charge on any atom is -0.445 e. The molecule has 0 atom stereocenters. The maximum absolute atomic E-state index is 12.9. The molecule has 2 rings (SSSR count). The fraction of sp³-hybridized carbons (Fsp3) is 0.500. The Morgan fingerprint density at radius 1 is 1.06 bits per heavy atom. The molecule has 0 radical (unpaired) electrons. The summed E-state index contributed by atoms with van der Waals surface area (Å²) in [6.45, 7) is -1.03. The van der Waals surface area contributed by atoms with E-state index in [1.807, 2.05) is 7.05 Å². The van der Waals surface area contributed by atoms with Crippen LogP contribution in [-0.4, -0.2) is 50.0 Å². The van der Waals surface area contributed by atoms with Gasteiger partial charge in [0.1, 0.15) is 0 Å². The smallest absolute Gasteiger partial charge is 0.445 e. The van der Waals surface area contributed by atoms with E-state index in [4.69, 9.17) is 0 Å². The van der Waals surface area contributed by atoms with Gasteiger partial charge in [-0.3, -0.25) is 4.90 Å². The number of nitrogens with zero attached hydrogens (tertiary/aromatic N) is 2. The van der Waals surface area contributed by atoms with Crippen molar-refractivity contribution in [3.8, 4) is 0 Å². The summed E-state index contributed by atoms with van der Waals surface area (Å²) in [7, 11) is 2.03. The van der Waals surface area contributed by atoms with E-state index in [0.717, 1.165) is 26.2 Å². The van der Waals surface area contributed by atoms with Crippen LogP contribution in [0.2, 0.25) is 0 Å². The normalized spacial score (nSPS) is 19.1. The van der Waals surface area contributed by atoms with Gasteiger partial charge in [0, 0.05) is 32.7 Å². The second-order valence-corrected chi connectivity index (χ2v) is 4.85. The van der Waals surface area contributed by atoms with E-state index in [0.29, 0.717) is 12.1 Å². The molecule has 6 heteroatoms. The first kappa shape index (κ1) is 13.4. The van der Waals surface area contributed by atoms with Crippen molar-refractivity contribution < 1.29 is 12.9 Å². The highest BCUT2D eigenvalue weighted by atomic mass is 19.4. The number of piperazine rings is 1. The largest absolute Gasteiger partial charge is 0.509 e. The van der Waals surface area contributed by atoms with E-state index >= 15 is 0 Å². The Hall–Kier alpha value is -1.01. The van der Waals surface area contributed by atoms with Crippen LogP contribution in [0.5, 0.6) is 0 Å². The lowest BCUT2D eigenvalue weighted by atomic mass is 9.76. The second-order valence-electron chi connectivity index (χ2n) is 4.85. The molecule has 0 spiro atoms. The summed E-state index contributed by atoms with van der Waals surface area (Å²) in [6, 6.07) is 5.91. The summed E-state index contributed by atoms with van der Waals surface area (Å²) in [5, 5.41) is 0. The average Bonchev–Trinajstić information content (AvgIpc) is 2.31. The van der Waals surface area contributed by atoms with E-state index in [1.54, 1.807) is 12.1 Å². The Labute approximate surface area is 105 Å². The van der Waals surface area contributed by atoms with Crippen molar-refractivity contribution in [1.82, 2.24) is 9.80 Å². The van der Waals surface area contributed by atoms with Crippen LogP contribution in [-0.2, 0) is 6.54 Å². The summed E-state index contributed by atoms with van der Waals surface area (Å²) in [5.74, 6) is 0. The van der Waals surface area contributed by atoms with Gasteiger partial charge >= 0.3 is 6.98 Å². The Kier molecular flexibility index (Phi) is 3.97. The van der Waals surface area contributed by atoms with Crippen molar-refractivity contribution in [2.75, 3.05) is 33.2 Å². The molecular weight excluding hydrogens is 240 g/mol. The topological polar surface area (TPSA) is 6.48 Å². The van der Waals surface area contributed by atoms with Gasteiger partial charge in [0.05, 0.1) is 0 Å². The molecule has 0 N–H and O–H groups in total. The third-order valence-corrected chi connectivity index (χ3v) is 3.40. The summed E-state index contributed by atoms with van der Waals surface area (Å²) >= 11 is 0. The zero-order valence-electron chi connectivity index (χ0n) is 10.5. The molecule has 1 heterocycles. The van der Waals surface area contributed by atoms with Crippen LogP contribution in [0.15, 0.2) is 24.3 Å². The Bertz CT molecular complexity index is 401. The SMILES string of the molecule is CN1CCN(Cc2ccccc2[B-](F)(F)F)CC1. The first-order valence-electron chi connectivity index (χ1n) is 6.15. The quantitative estimate of drug-likeness (QED) is 0.757. The average molecular weight is 257 g/mol. The fourth-order valence-electron chi connectivity index (χ4n) is 2.24. The molecule has 0 aliphatic carbocycles. The molecule has 1 aromatic carbocycles.